The molecule has 24 heavy (non-hydrogen) atoms. The fourth-order valence-electron chi connectivity index (χ4n) is 2.12. The summed E-state index contributed by atoms with van der Waals surface area (Å²) in [5.74, 6) is -3.03. The van der Waals surface area contributed by atoms with E-state index in [0.717, 1.165) is 5.56 Å². The van der Waals surface area contributed by atoms with Gasteiger partial charge in [-0.2, -0.15) is 21.6 Å². The highest BCUT2D eigenvalue weighted by atomic mass is 32.2. The Bertz CT molecular complexity index is 726. The van der Waals surface area contributed by atoms with Crippen molar-refractivity contribution in [1.29, 1.82) is 0 Å². The van der Waals surface area contributed by atoms with Gasteiger partial charge in [-0.3, -0.25) is 9.35 Å². The van der Waals surface area contributed by atoms with Crippen molar-refractivity contribution >= 4 is 16.1 Å². The SMILES string of the molecule is CC(CS(=O)(=O)O)(OC(=O)Cc1cccc(C2CO2)c1)C(F)(F)F. The molecule has 2 atom stereocenters. The van der Waals surface area contributed by atoms with Crippen molar-refractivity contribution in [3.05, 3.63) is 35.4 Å². The predicted molar refractivity (Wildman–Crippen MR) is 75.8 cm³/mol. The van der Waals surface area contributed by atoms with Crippen LogP contribution in [-0.4, -0.2) is 43.1 Å². The quantitative estimate of drug-likeness (QED) is 0.469. The summed E-state index contributed by atoms with van der Waals surface area (Å²) in [5.41, 5.74) is -2.14. The number of alkyl halides is 3. The maximum atomic E-state index is 13.0. The lowest BCUT2D eigenvalue weighted by Gasteiger charge is -2.30. The summed E-state index contributed by atoms with van der Waals surface area (Å²) in [4.78, 5) is 11.8. The van der Waals surface area contributed by atoms with Gasteiger partial charge in [0.25, 0.3) is 10.1 Å². The Morgan fingerprint density at radius 1 is 1.42 bits per heavy atom. The molecule has 0 aliphatic carbocycles. The number of epoxide rings is 1. The average Bonchev–Trinajstić information content (AvgIpc) is 3.18. The van der Waals surface area contributed by atoms with Crippen LogP contribution in [0.3, 0.4) is 0 Å². The molecule has 1 aromatic rings. The van der Waals surface area contributed by atoms with Gasteiger partial charge >= 0.3 is 12.1 Å². The largest absolute Gasteiger partial charge is 0.448 e. The molecule has 2 rings (SSSR count). The molecule has 0 spiro atoms. The number of hydrogen-bond donors (Lipinski definition) is 1. The minimum atomic E-state index is -5.16. The van der Waals surface area contributed by atoms with Gasteiger partial charge in [-0.25, -0.2) is 0 Å². The van der Waals surface area contributed by atoms with Crippen molar-refractivity contribution in [1.82, 2.24) is 0 Å². The number of rotatable bonds is 6. The monoisotopic (exact) mass is 368 g/mol. The number of halogens is 3. The van der Waals surface area contributed by atoms with Gasteiger partial charge in [-0.15, -0.1) is 0 Å². The summed E-state index contributed by atoms with van der Waals surface area (Å²) in [6.07, 6.45) is -5.72. The molecule has 1 saturated heterocycles. The third-order valence-electron chi connectivity index (χ3n) is 3.40. The van der Waals surface area contributed by atoms with E-state index in [1.165, 1.54) is 6.07 Å². The number of esters is 1. The molecular formula is C14H15F3O6S. The molecule has 0 saturated carbocycles. The second-order valence-electron chi connectivity index (χ2n) is 5.67. The van der Waals surface area contributed by atoms with E-state index < -0.39 is 40.0 Å². The van der Waals surface area contributed by atoms with Crippen LogP contribution in [0.25, 0.3) is 0 Å². The third kappa shape index (κ3) is 4.92. The Kier molecular flexibility index (Phi) is 4.93. The summed E-state index contributed by atoms with van der Waals surface area (Å²) in [6.45, 7) is 0.932. The molecule has 2 unspecified atom stereocenters. The Hall–Kier alpha value is -1.65. The van der Waals surface area contributed by atoms with Crippen molar-refractivity contribution in [2.75, 3.05) is 12.4 Å². The number of ether oxygens (including phenoxy) is 2. The topological polar surface area (TPSA) is 93.2 Å². The summed E-state index contributed by atoms with van der Waals surface area (Å²) < 4.78 is 78.9. The Labute approximate surface area is 136 Å². The molecule has 0 amide bonds. The maximum absolute atomic E-state index is 13.0. The first kappa shape index (κ1) is 18.7. The van der Waals surface area contributed by atoms with E-state index in [0.29, 0.717) is 19.1 Å². The zero-order chi connectivity index (χ0) is 18.2. The summed E-state index contributed by atoms with van der Waals surface area (Å²) >= 11 is 0. The van der Waals surface area contributed by atoms with Crippen LogP contribution in [0.4, 0.5) is 13.2 Å². The zero-order valence-electron chi connectivity index (χ0n) is 12.5. The number of hydrogen-bond acceptors (Lipinski definition) is 5. The molecule has 1 aliphatic heterocycles. The van der Waals surface area contributed by atoms with Crippen LogP contribution >= 0.6 is 0 Å². The Morgan fingerprint density at radius 2 is 2.04 bits per heavy atom. The van der Waals surface area contributed by atoms with E-state index in [1.54, 1.807) is 18.2 Å². The molecule has 1 aromatic carbocycles. The van der Waals surface area contributed by atoms with E-state index in [4.69, 9.17) is 9.29 Å². The molecule has 1 N–H and O–H groups in total. The smallest absolute Gasteiger partial charge is 0.429 e. The van der Waals surface area contributed by atoms with Gasteiger partial charge < -0.3 is 9.47 Å². The summed E-state index contributed by atoms with van der Waals surface area (Å²) in [7, 11) is -5.01. The van der Waals surface area contributed by atoms with Crippen molar-refractivity contribution in [3.63, 3.8) is 0 Å². The van der Waals surface area contributed by atoms with E-state index in [-0.39, 0.29) is 6.10 Å². The first-order valence-corrected chi connectivity index (χ1v) is 8.45. The molecule has 134 valence electrons. The minimum Gasteiger partial charge on any atom is -0.448 e. The fraction of sp³-hybridized carbons (Fsp3) is 0.500. The van der Waals surface area contributed by atoms with Crippen LogP contribution in [0, 0.1) is 0 Å². The van der Waals surface area contributed by atoms with Crippen LogP contribution in [0.15, 0.2) is 24.3 Å². The summed E-state index contributed by atoms with van der Waals surface area (Å²) in [5, 5.41) is 0. The van der Waals surface area contributed by atoms with E-state index >= 15 is 0 Å². The third-order valence-corrected chi connectivity index (χ3v) is 4.32. The first-order chi connectivity index (χ1) is 10.9. The molecule has 0 bridgehead atoms. The van der Waals surface area contributed by atoms with Crippen molar-refractivity contribution in [2.24, 2.45) is 0 Å². The lowest BCUT2D eigenvalue weighted by molar-refractivity contribution is -0.255. The van der Waals surface area contributed by atoms with E-state index in [1.807, 2.05) is 0 Å². The number of carbonyl (C=O) groups is 1. The van der Waals surface area contributed by atoms with E-state index in [2.05, 4.69) is 4.74 Å². The van der Waals surface area contributed by atoms with Gasteiger partial charge in [0.1, 0.15) is 11.9 Å². The average molecular weight is 368 g/mol. The maximum Gasteiger partial charge on any atom is 0.429 e. The lowest BCUT2D eigenvalue weighted by atomic mass is 10.1. The molecule has 10 heteroatoms. The second-order valence-corrected chi connectivity index (χ2v) is 7.13. The molecule has 1 fully saturated rings. The zero-order valence-corrected chi connectivity index (χ0v) is 13.4. The van der Waals surface area contributed by atoms with Gasteiger partial charge in [0.15, 0.2) is 0 Å². The van der Waals surface area contributed by atoms with Gasteiger partial charge in [-0.05, 0) is 18.1 Å². The molecule has 0 radical (unpaired) electrons. The van der Waals surface area contributed by atoms with Crippen LogP contribution in [0.5, 0.6) is 0 Å². The number of carbonyl (C=O) groups excluding carboxylic acids is 1. The van der Waals surface area contributed by atoms with Gasteiger partial charge in [0, 0.05) is 0 Å². The highest BCUT2D eigenvalue weighted by molar-refractivity contribution is 7.85. The standard InChI is InChI=1S/C14H15F3O6S/c1-13(14(15,16)17,8-24(19,20)21)23-12(18)6-9-3-2-4-10(5-9)11-7-22-11/h2-5,11H,6-8H2,1H3,(H,19,20,21). The van der Waals surface area contributed by atoms with Crippen LogP contribution < -0.4 is 0 Å². The normalized spacial score (nSPS) is 20.3. The second kappa shape index (κ2) is 6.34. The van der Waals surface area contributed by atoms with Crippen molar-refractivity contribution in [2.45, 2.75) is 31.2 Å². The van der Waals surface area contributed by atoms with E-state index in [9.17, 15) is 26.4 Å². The van der Waals surface area contributed by atoms with Crippen molar-refractivity contribution in [3.8, 4) is 0 Å². The Morgan fingerprint density at radius 3 is 2.54 bits per heavy atom. The molecule has 1 aliphatic rings. The highest BCUT2D eigenvalue weighted by Gasteiger charge is 2.57. The van der Waals surface area contributed by atoms with Crippen LogP contribution in [-0.2, 0) is 30.8 Å². The van der Waals surface area contributed by atoms with Gasteiger partial charge in [0.2, 0.25) is 5.60 Å². The number of benzene rings is 1. The minimum absolute atomic E-state index is 0.0825. The Balaban J connectivity index is 2.11. The van der Waals surface area contributed by atoms with Crippen molar-refractivity contribution < 1.29 is 40.4 Å². The first-order valence-electron chi connectivity index (χ1n) is 6.84. The molecule has 6 nitrogen and oxygen atoms in total. The van der Waals surface area contributed by atoms with Crippen LogP contribution in [0.2, 0.25) is 0 Å². The molecule has 0 aromatic heterocycles. The molecule has 1 heterocycles. The van der Waals surface area contributed by atoms with Gasteiger partial charge in [-0.1, -0.05) is 24.3 Å². The lowest BCUT2D eigenvalue weighted by Crippen LogP contribution is -2.51. The van der Waals surface area contributed by atoms with Crippen LogP contribution in [0.1, 0.15) is 24.2 Å². The fourth-order valence-corrected chi connectivity index (χ4v) is 3.03. The van der Waals surface area contributed by atoms with Gasteiger partial charge in [0.05, 0.1) is 13.0 Å². The molecular weight excluding hydrogens is 353 g/mol. The predicted octanol–water partition coefficient (Wildman–Crippen LogP) is 2.05. The summed E-state index contributed by atoms with van der Waals surface area (Å²) in [6, 6.07) is 6.51. The highest BCUT2D eigenvalue weighted by Crippen LogP contribution is 2.35.